The van der Waals surface area contributed by atoms with Gasteiger partial charge in [-0.2, -0.15) is 0 Å². The van der Waals surface area contributed by atoms with Gasteiger partial charge >= 0.3 is 0 Å². The van der Waals surface area contributed by atoms with Crippen LogP contribution in [0.5, 0.6) is 5.75 Å². The maximum Gasteiger partial charge on any atom is 0.119 e. The van der Waals surface area contributed by atoms with E-state index in [2.05, 4.69) is 13.5 Å². The average molecular weight is 192 g/mol. The van der Waals surface area contributed by atoms with Crippen LogP contribution in [0, 0.1) is 5.92 Å². The third-order valence-electron chi connectivity index (χ3n) is 1.78. The zero-order chi connectivity index (χ0) is 10.2. The molecule has 0 radical (unpaired) electrons. The first kappa shape index (κ1) is 10.6. The zero-order valence-electron chi connectivity index (χ0n) is 8.48. The van der Waals surface area contributed by atoms with Gasteiger partial charge in [0.2, 0.25) is 0 Å². The van der Waals surface area contributed by atoms with E-state index in [4.69, 9.17) is 9.47 Å². The Bertz CT molecular complexity index is 256. The summed E-state index contributed by atoms with van der Waals surface area (Å²) in [6.07, 6.45) is 1.46. The second-order valence-electron chi connectivity index (χ2n) is 3.23. The van der Waals surface area contributed by atoms with Crippen molar-refractivity contribution < 1.29 is 9.47 Å². The first-order chi connectivity index (χ1) is 6.83. The maximum absolute atomic E-state index is 5.55. The van der Waals surface area contributed by atoms with Gasteiger partial charge in [-0.15, -0.1) is 0 Å². The van der Waals surface area contributed by atoms with Crippen molar-refractivity contribution in [3.05, 3.63) is 43.2 Å². The Kier molecular flexibility index (Phi) is 4.62. The molecule has 0 spiro atoms. The molecule has 0 saturated heterocycles. The van der Waals surface area contributed by atoms with Gasteiger partial charge in [-0.25, -0.2) is 0 Å². The van der Waals surface area contributed by atoms with Crippen molar-refractivity contribution in [1.29, 1.82) is 0 Å². The fraction of sp³-hybridized carbons (Fsp3) is 0.333. The molecule has 2 heteroatoms. The summed E-state index contributed by atoms with van der Waals surface area (Å²) in [5, 5.41) is 0. The van der Waals surface area contributed by atoms with Crippen molar-refractivity contribution in [3.63, 3.8) is 0 Å². The van der Waals surface area contributed by atoms with Crippen LogP contribution in [0.4, 0.5) is 0 Å². The van der Waals surface area contributed by atoms with Gasteiger partial charge in [0, 0.05) is 5.92 Å². The van der Waals surface area contributed by atoms with E-state index < -0.39 is 0 Å². The van der Waals surface area contributed by atoms with Crippen LogP contribution in [0.15, 0.2) is 43.2 Å². The third-order valence-corrected chi connectivity index (χ3v) is 1.78. The molecule has 0 aliphatic heterocycles. The number of hydrogen-bond donors (Lipinski definition) is 0. The van der Waals surface area contributed by atoms with Gasteiger partial charge in [0.15, 0.2) is 0 Å². The van der Waals surface area contributed by atoms with E-state index in [1.807, 2.05) is 30.3 Å². The Morgan fingerprint density at radius 1 is 1.29 bits per heavy atom. The smallest absolute Gasteiger partial charge is 0.119 e. The predicted octanol–water partition coefficient (Wildman–Crippen LogP) is 2.86. The van der Waals surface area contributed by atoms with Crippen LogP contribution in [-0.2, 0) is 4.74 Å². The molecule has 0 aromatic heterocycles. The highest BCUT2D eigenvalue weighted by atomic mass is 16.5. The number of para-hydroxylation sites is 1. The standard InChI is InChI=1S/C12H16O2/c1-3-13-9-11(2)10-14-12-7-5-4-6-8-12/h3-8,11H,1,9-10H2,2H3/t11-/m1/s1. The molecule has 0 fully saturated rings. The van der Waals surface area contributed by atoms with Crippen molar-refractivity contribution in [2.24, 2.45) is 5.92 Å². The van der Waals surface area contributed by atoms with Crippen LogP contribution in [0.25, 0.3) is 0 Å². The molecule has 14 heavy (non-hydrogen) atoms. The first-order valence-corrected chi connectivity index (χ1v) is 4.73. The lowest BCUT2D eigenvalue weighted by Gasteiger charge is -2.12. The summed E-state index contributed by atoms with van der Waals surface area (Å²) in [5.41, 5.74) is 0. The Morgan fingerprint density at radius 2 is 2.00 bits per heavy atom. The summed E-state index contributed by atoms with van der Waals surface area (Å²) in [6, 6.07) is 9.78. The number of hydrogen-bond acceptors (Lipinski definition) is 2. The van der Waals surface area contributed by atoms with Crippen molar-refractivity contribution in [1.82, 2.24) is 0 Å². The van der Waals surface area contributed by atoms with E-state index in [9.17, 15) is 0 Å². The molecule has 0 N–H and O–H groups in total. The van der Waals surface area contributed by atoms with Crippen molar-refractivity contribution in [2.75, 3.05) is 13.2 Å². The Hall–Kier alpha value is -1.44. The fourth-order valence-electron chi connectivity index (χ4n) is 1.04. The number of rotatable bonds is 6. The molecule has 0 amide bonds. The summed E-state index contributed by atoms with van der Waals surface area (Å²) in [6.45, 7) is 6.88. The molecule has 0 saturated carbocycles. The van der Waals surface area contributed by atoms with E-state index in [-0.39, 0.29) is 0 Å². The van der Waals surface area contributed by atoms with Gasteiger partial charge in [0.05, 0.1) is 19.5 Å². The molecular formula is C12H16O2. The molecule has 0 aliphatic rings. The van der Waals surface area contributed by atoms with Gasteiger partial charge in [-0.3, -0.25) is 0 Å². The first-order valence-electron chi connectivity index (χ1n) is 4.73. The highest BCUT2D eigenvalue weighted by molar-refractivity contribution is 5.20. The van der Waals surface area contributed by atoms with E-state index in [0.717, 1.165) is 5.75 Å². The SMILES string of the molecule is C=COC[C@@H](C)COc1ccccc1. The lowest BCUT2D eigenvalue weighted by Crippen LogP contribution is -2.13. The van der Waals surface area contributed by atoms with Crippen LogP contribution in [0.3, 0.4) is 0 Å². The summed E-state index contributed by atoms with van der Waals surface area (Å²) in [7, 11) is 0. The molecule has 2 nitrogen and oxygen atoms in total. The summed E-state index contributed by atoms with van der Waals surface area (Å²) in [5.74, 6) is 1.27. The van der Waals surface area contributed by atoms with Gasteiger partial charge in [0.1, 0.15) is 5.75 Å². The summed E-state index contributed by atoms with van der Waals surface area (Å²) < 4.78 is 10.6. The molecule has 1 rings (SSSR count). The predicted molar refractivity (Wildman–Crippen MR) is 57.3 cm³/mol. The molecule has 1 atom stereocenters. The summed E-state index contributed by atoms with van der Waals surface area (Å²) >= 11 is 0. The van der Waals surface area contributed by atoms with Crippen LogP contribution in [-0.4, -0.2) is 13.2 Å². The minimum absolute atomic E-state index is 0.369. The second-order valence-corrected chi connectivity index (χ2v) is 3.23. The van der Waals surface area contributed by atoms with E-state index in [1.54, 1.807) is 0 Å². The zero-order valence-corrected chi connectivity index (χ0v) is 8.48. The molecule has 0 aliphatic carbocycles. The van der Waals surface area contributed by atoms with Crippen molar-refractivity contribution in [3.8, 4) is 5.75 Å². The van der Waals surface area contributed by atoms with Gasteiger partial charge in [-0.05, 0) is 12.1 Å². The minimum atomic E-state index is 0.369. The van der Waals surface area contributed by atoms with E-state index >= 15 is 0 Å². The topological polar surface area (TPSA) is 18.5 Å². The minimum Gasteiger partial charge on any atom is -0.501 e. The van der Waals surface area contributed by atoms with Gasteiger partial charge in [0.25, 0.3) is 0 Å². The highest BCUT2D eigenvalue weighted by Crippen LogP contribution is 2.09. The third kappa shape index (κ3) is 3.99. The van der Waals surface area contributed by atoms with Gasteiger partial charge in [-0.1, -0.05) is 31.7 Å². The molecule has 1 aromatic rings. The fourth-order valence-corrected chi connectivity index (χ4v) is 1.04. The Labute approximate surface area is 85.2 Å². The van der Waals surface area contributed by atoms with Crippen molar-refractivity contribution >= 4 is 0 Å². The number of benzene rings is 1. The second kappa shape index (κ2) is 6.08. The average Bonchev–Trinajstić information content (AvgIpc) is 2.25. The van der Waals surface area contributed by atoms with Gasteiger partial charge < -0.3 is 9.47 Å². The maximum atomic E-state index is 5.55. The quantitative estimate of drug-likeness (QED) is 0.645. The molecule has 0 bridgehead atoms. The number of ether oxygens (including phenoxy) is 2. The van der Waals surface area contributed by atoms with Crippen LogP contribution < -0.4 is 4.74 Å². The summed E-state index contributed by atoms with van der Waals surface area (Å²) in [4.78, 5) is 0. The molecule has 0 heterocycles. The molecule has 0 unspecified atom stereocenters. The molecule has 76 valence electrons. The highest BCUT2D eigenvalue weighted by Gasteiger charge is 2.02. The van der Waals surface area contributed by atoms with Crippen LogP contribution in [0.1, 0.15) is 6.92 Å². The molecule has 1 aromatic carbocycles. The van der Waals surface area contributed by atoms with E-state index in [0.29, 0.717) is 19.1 Å². The van der Waals surface area contributed by atoms with Crippen LogP contribution >= 0.6 is 0 Å². The Balaban J connectivity index is 2.23. The monoisotopic (exact) mass is 192 g/mol. The van der Waals surface area contributed by atoms with Crippen LogP contribution in [0.2, 0.25) is 0 Å². The van der Waals surface area contributed by atoms with Crippen molar-refractivity contribution in [2.45, 2.75) is 6.92 Å². The Morgan fingerprint density at radius 3 is 2.64 bits per heavy atom. The lowest BCUT2D eigenvalue weighted by atomic mass is 10.2. The molecular weight excluding hydrogens is 176 g/mol. The van der Waals surface area contributed by atoms with E-state index in [1.165, 1.54) is 6.26 Å². The normalized spacial score (nSPS) is 11.8. The largest absolute Gasteiger partial charge is 0.501 e. The lowest BCUT2D eigenvalue weighted by molar-refractivity contribution is 0.156.